The van der Waals surface area contributed by atoms with Crippen LogP contribution in [0.5, 0.6) is 0 Å². The van der Waals surface area contributed by atoms with Crippen LogP contribution in [0.1, 0.15) is 35.2 Å². The highest BCUT2D eigenvalue weighted by Gasteiger charge is 2.48. The first-order chi connectivity index (χ1) is 14.5. The number of nitrogens with zero attached hydrogens (tertiary/aromatic N) is 2. The van der Waals surface area contributed by atoms with Crippen molar-refractivity contribution in [3.63, 3.8) is 0 Å². The zero-order chi connectivity index (χ0) is 21.1. The third-order valence-corrected chi connectivity index (χ3v) is 6.07. The van der Waals surface area contributed by atoms with Gasteiger partial charge in [0.15, 0.2) is 0 Å². The molecule has 0 bridgehead atoms. The highest BCUT2D eigenvalue weighted by molar-refractivity contribution is 5.95. The number of anilines is 1. The maximum absolute atomic E-state index is 13.3. The lowest BCUT2D eigenvalue weighted by Crippen LogP contribution is -2.49. The number of amides is 2. The van der Waals surface area contributed by atoms with Crippen LogP contribution >= 0.6 is 0 Å². The zero-order valence-electron chi connectivity index (χ0n) is 16.6. The highest BCUT2D eigenvalue weighted by atomic mass is 19.1. The largest absolute Gasteiger partial charge is 0.369 e. The lowest BCUT2D eigenvalue weighted by atomic mass is 9.94. The number of hydrogen-bond donors (Lipinski definition) is 2. The second-order valence-corrected chi connectivity index (χ2v) is 7.83. The minimum Gasteiger partial charge on any atom is -0.369 e. The molecule has 0 aromatic heterocycles. The van der Waals surface area contributed by atoms with E-state index in [1.165, 1.54) is 18.2 Å². The molecule has 0 aliphatic carbocycles. The number of carbonyl (C=O) groups excluding carboxylic acids is 2. The van der Waals surface area contributed by atoms with E-state index in [4.69, 9.17) is 5.21 Å². The van der Waals surface area contributed by atoms with Crippen molar-refractivity contribution >= 4 is 23.6 Å². The van der Waals surface area contributed by atoms with Crippen LogP contribution in [0.3, 0.4) is 0 Å². The number of halogens is 1. The van der Waals surface area contributed by atoms with Crippen molar-refractivity contribution < 1.29 is 19.2 Å². The van der Waals surface area contributed by atoms with Crippen molar-refractivity contribution in [2.24, 2.45) is 0 Å². The van der Waals surface area contributed by atoms with Gasteiger partial charge in [-0.15, -0.1) is 0 Å². The summed E-state index contributed by atoms with van der Waals surface area (Å²) in [6, 6.07) is 13.5. The van der Waals surface area contributed by atoms with Gasteiger partial charge in [0, 0.05) is 37.0 Å². The van der Waals surface area contributed by atoms with E-state index < -0.39 is 5.91 Å². The Morgan fingerprint density at radius 2 is 1.83 bits per heavy atom. The number of likely N-dealkylation sites (tertiary alicyclic amines) is 1. The molecule has 2 fully saturated rings. The summed E-state index contributed by atoms with van der Waals surface area (Å²) in [6.45, 7) is 2.20. The maximum Gasteiger partial charge on any atom is 0.267 e. The molecule has 2 saturated heterocycles. The Labute approximate surface area is 174 Å². The van der Waals surface area contributed by atoms with Gasteiger partial charge in [0.05, 0.1) is 5.54 Å². The van der Waals surface area contributed by atoms with Crippen molar-refractivity contribution in [2.75, 3.05) is 24.5 Å². The number of hydrogen-bond acceptors (Lipinski definition) is 4. The van der Waals surface area contributed by atoms with Crippen molar-refractivity contribution in [3.8, 4) is 0 Å². The fraction of sp³-hybridized carbons (Fsp3) is 0.304. The van der Waals surface area contributed by atoms with Gasteiger partial charge in [-0.05, 0) is 61.2 Å². The summed E-state index contributed by atoms with van der Waals surface area (Å²) in [6.07, 6.45) is 5.68. The minimum absolute atomic E-state index is 0.0536. The van der Waals surface area contributed by atoms with E-state index in [9.17, 15) is 14.0 Å². The van der Waals surface area contributed by atoms with Gasteiger partial charge in [0.25, 0.3) is 11.8 Å². The molecule has 2 aliphatic rings. The van der Waals surface area contributed by atoms with E-state index in [1.807, 2.05) is 29.2 Å². The predicted molar refractivity (Wildman–Crippen MR) is 112 cm³/mol. The van der Waals surface area contributed by atoms with Crippen LogP contribution in [0.15, 0.2) is 54.6 Å². The van der Waals surface area contributed by atoms with Gasteiger partial charge in [0.1, 0.15) is 5.82 Å². The molecule has 2 N–H and O–H groups in total. The van der Waals surface area contributed by atoms with Crippen LogP contribution in [-0.4, -0.2) is 47.1 Å². The van der Waals surface area contributed by atoms with Crippen LogP contribution < -0.4 is 10.4 Å². The van der Waals surface area contributed by atoms with E-state index >= 15 is 0 Å². The number of nitrogens with one attached hydrogen (secondary N) is 1. The van der Waals surface area contributed by atoms with E-state index in [2.05, 4.69) is 4.90 Å². The molecule has 2 aromatic carbocycles. The van der Waals surface area contributed by atoms with Crippen molar-refractivity contribution in [2.45, 2.75) is 24.8 Å². The highest BCUT2D eigenvalue weighted by Crippen LogP contribution is 2.41. The van der Waals surface area contributed by atoms with Gasteiger partial charge in [-0.1, -0.05) is 18.2 Å². The number of carbonyl (C=O) groups is 2. The van der Waals surface area contributed by atoms with Crippen molar-refractivity contribution in [1.82, 2.24) is 10.4 Å². The molecule has 0 saturated carbocycles. The monoisotopic (exact) mass is 409 g/mol. The first-order valence-corrected chi connectivity index (χ1v) is 10.1. The Morgan fingerprint density at radius 1 is 1.07 bits per heavy atom. The number of benzene rings is 2. The summed E-state index contributed by atoms with van der Waals surface area (Å²) in [5.74, 6) is -0.994. The van der Waals surface area contributed by atoms with E-state index in [-0.39, 0.29) is 17.3 Å². The summed E-state index contributed by atoms with van der Waals surface area (Å²) in [4.78, 5) is 28.7. The molecule has 0 radical (unpaired) electrons. The molecule has 2 aliphatic heterocycles. The predicted octanol–water partition coefficient (Wildman–Crippen LogP) is 3.23. The summed E-state index contributed by atoms with van der Waals surface area (Å²) >= 11 is 0. The molecule has 1 atom stereocenters. The average molecular weight is 409 g/mol. The van der Waals surface area contributed by atoms with E-state index in [0.717, 1.165) is 37.1 Å². The van der Waals surface area contributed by atoms with Crippen LogP contribution in [0.25, 0.3) is 6.08 Å². The molecular weight excluding hydrogens is 385 g/mol. The summed E-state index contributed by atoms with van der Waals surface area (Å²) in [7, 11) is 0. The van der Waals surface area contributed by atoms with Gasteiger partial charge in [0.2, 0.25) is 0 Å². The normalized spacial score (nSPS) is 21.0. The lowest BCUT2D eigenvalue weighted by Gasteiger charge is -2.35. The van der Waals surface area contributed by atoms with Crippen LogP contribution in [-0.2, 0) is 4.79 Å². The minimum atomic E-state index is -0.588. The molecule has 6 nitrogen and oxygen atoms in total. The molecule has 1 unspecified atom stereocenters. The number of para-hydroxylation sites is 1. The third-order valence-electron chi connectivity index (χ3n) is 6.07. The third kappa shape index (κ3) is 3.80. The molecule has 2 amide bonds. The molecule has 4 rings (SSSR count). The van der Waals surface area contributed by atoms with Gasteiger partial charge in [-0.2, -0.15) is 0 Å². The average Bonchev–Trinajstić information content (AvgIpc) is 3.39. The molecule has 2 heterocycles. The second-order valence-electron chi connectivity index (χ2n) is 7.83. The fourth-order valence-electron chi connectivity index (χ4n) is 4.61. The number of hydroxylamine groups is 1. The van der Waals surface area contributed by atoms with E-state index in [1.54, 1.807) is 23.7 Å². The van der Waals surface area contributed by atoms with Crippen molar-refractivity contribution in [1.29, 1.82) is 0 Å². The topological polar surface area (TPSA) is 72.9 Å². The van der Waals surface area contributed by atoms with Gasteiger partial charge >= 0.3 is 0 Å². The first-order valence-electron chi connectivity index (χ1n) is 10.1. The molecular formula is C23H24FN3O3. The molecule has 1 spiro atoms. The lowest BCUT2D eigenvalue weighted by molar-refractivity contribution is -0.124. The van der Waals surface area contributed by atoms with Crippen LogP contribution in [0.2, 0.25) is 0 Å². The molecule has 30 heavy (non-hydrogen) atoms. The summed E-state index contributed by atoms with van der Waals surface area (Å²) in [5.41, 5.74) is 3.71. The van der Waals surface area contributed by atoms with Gasteiger partial charge in [-0.3, -0.25) is 14.8 Å². The van der Waals surface area contributed by atoms with Crippen LogP contribution in [0, 0.1) is 5.82 Å². The Morgan fingerprint density at radius 3 is 2.60 bits per heavy atom. The molecule has 156 valence electrons. The second kappa shape index (κ2) is 8.28. The SMILES string of the molecule is O=C(/C=C/c1ccccc1N1CCC2(CCCN2C(=O)c2ccc(F)cc2)C1)NO. The Hall–Kier alpha value is -3.19. The molecule has 7 heteroatoms. The number of rotatable bonds is 4. The smallest absolute Gasteiger partial charge is 0.267 e. The molecule has 2 aromatic rings. The standard InChI is InChI=1S/C23H24FN3O3/c24-19-9-6-18(7-10-19)22(29)27-14-3-12-23(27)13-15-26(16-23)20-5-2-1-4-17(20)8-11-21(28)25-30/h1-2,4-11,30H,3,12-16H2,(H,25,28)/b11-8+. The summed E-state index contributed by atoms with van der Waals surface area (Å²) < 4.78 is 13.3. The van der Waals surface area contributed by atoms with Crippen LogP contribution in [0.4, 0.5) is 10.1 Å². The first kappa shape index (κ1) is 20.1. The van der Waals surface area contributed by atoms with Gasteiger partial charge in [-0.25, -0.2) is 9.87 Å². The maximum atomic E-state index is 13.3. The quantitative estimate of drug-likeness (QED) is 0.462. The van der Waals surface area contributed by atoms with E-state index in [0.29, 0.717) is 18.7 Å². The Balaban J connectivity index is 1.56. The Kier molecular flexibility index (Phi) is 5.55. The fourth-order valence-corrected chi connectivity index (χ4v) is 4.61. The Bertz CT molecular complexity index is 976. The van der Waals surface area contributed by atoms with Gasteiger partial charge < -0.3 is 9.80 Å². The summed E-state index contributed by atoms with van der Waals surface area (Å²) in [5, 5.41) is 8.70. The van der Waals surface area contributed by atoms with Crippen molar-refractivity contribution in [3.05, 3.63) is 71.6 Å². The zero-order valence-corrected chi connectivity index (χ0v) is 16.6.